The summed E-state index contributed by atoms with van der Waals surface area (Å²) in [6, 6.07) is 19.0. The van der Waals surface area contributed by atoms with Crippen LogP contribution < -0.4 is 0 Å². The molecule has 21 heavy (non-hydrogen) atoms. The standard InChI is InChI=1S/C18H20O3/c1-21-18(15-10-6-3-7-11-15)17(20)13-16(19)12-14-8-4-2-5-9-14/h2-11,16,18-19H,12-13H2,1H3/t16-,18-/m1/s1. The molecule has 2 rings (SSSR count). The first-order chi connectivity index (χ1) is 10.2. The zero-order chi connectivity index (χ0) is 15.1. The number of methoxy groups -OCH3 is 1. The number of ether oxygens (including phenoxy) is 1. The van der Waals surface area contributed by atoms with Crippen molar-refractivity contribution in [1.29, 1.82) is 0 Å². The molecule has 0 aliphatic heterocycles. The summed E-state index contributed by atoms with van der Waals surface area (Å²) in [5, 5.41) is 10.1. The minimum absolute atomic E-state index is 0.0856. The lowest BCUT2D eigenvalue weighted by atomic mass is 9.98. The summed E-state index contributed by atoms with van der Waals surface area (Å²) in [7, 11) is 1.51. The molecule has 0 heterocycles. The second-order valence-electron chi connectivity index (χ2n) is 5.04. The average Bonchev–Trinajstić information content (AvgIpc) is 2.50. The van der Waals surface area contributed by atoms with Crippen LogP contribution in [0.1, 0.15) is 23.7 Å². The lowest BCUT2D eigenvalue weighted by Crippen LogP contribution is -2.22. The van der Waals surface area contributed by atoms with Gasteiger partial charge in [0.2, 0.25) is 0 Å². The summed E-state index contributed by atoms with van der Waals surface area (Å²) in [5.74, 6) is -0.105. The number of hydrogen-bond donors (Lipinski definition) is 1. The van der Waals surface area contributed by atoms with Gasteiger partial charge in [-0.2, -0.15) is 0 Å². The van der Waals surface area contributed by atoms with Crippen molar-refractivity contribution < 1.29 is 14.6 Å². The van der Waals surface area contributed by atoms with Crippen LogP contribution >= 0.6 is 0 Å². The second-order valence-corrected chi connectivity index (χ2v) is 5.04. The Balaban J connectivity index is 1.96. The zero-order valence-corrected chi connectivity index (χ0v) is 12.1. The largest absolute Gasteiger partial charge is 0.392 e. The first kappa shape index (κ1) is 15.4. The van der Waals surface area contributed by atoms with Crippen molar-refractivity contribution in [2.24, 2.45) is 0 Å². The van der Waals surface area contributed by atoms with Crippen molar-refractivity contribution in [2.75, 3.05) is 7.11 Å². The van der Waals surface area contributed by atoms with Gasteiger partial charge in [0.25, 0.3) is 0 Å². The van der Waals surface area contributed by atoms with Gasteiger partial charge in [0.05, 0.1) is 6.10 Å². The fourth-order valence-electron chi connectivity index (χ4n) is 2.38. The highest BCUT2D eigenvalue weighted by Gasteiger charge is 2.22. The predicted molar refractivity (Wildman–Crippen MR) is 82.0 cm³/mol. The quantitative estimate of drug-likeness (QED) is 0.850. The van der Waals surface area contributed by atoms with Crippen LogP contribution in [-0.4, -0.2) is 24.1 Å². The van der Waals surface area contributed by atoms with Gasteiger partial charge >= 0.3 is 0 Å². The van der Waals surface area contributed by atoms with Gasteiger partial charge in [-0.15, -0.1) is 0 Å². The molecule has 0 spiro atoms. The minimum atomic E-state index is -0.693. The summed E-state index contributed by atoms with van der Waals surface area (Å²) in [4.78, 5) is 12.3. The van der Waals surface area contributed by atoms with E-state index in [-0.39, 0.29) is 12.2 Å². The molecule has 2 aromatic rings. The van der Waals surface area contributed by atoms with Gasteiger partial charge in [0, 0.05) is 13.5 Å². The molecule has 0 radical (unpaired) electrons. The Kier molecular flexibility index (Phi) is 5.67. The minimum Gasteiger partial charge on any atom is -0.392 e. The van der Waals surface area contributed by atoms with Crippen molar-refractivity contribution in [2.45, 2.75) is 25.0 Å². The van der Waals surface area contributed by atoms with Crippen LogP contribution in [0.4, 0.5) is 0 Å². The fraction of sp³-hybridized carbons (Fsp3) is 0.278. The predicted octanol–water partition coefficient (Wildman–Crippen LogP) is 2.94. The van der Waals surface area contributed by atoms with E-state index >= 15 is 0 Å². The number of benzene rings is 2. The fourth-order valence-corrected chi connectivity index (χ4v) is 2.38. The lowest BCUT2D eigenvalue weighted by molar-refractivity contribution is -0.131. The number of aliphatic hydroxyl groups excluding tert-OH is 1. The lowest BCUT2D eigenvalue weighted by Gasteiger charge is -2.17. The molecule has 0 saturated heterocycles. The van der Waals surface area contributed by atoms with E-state index in [4.69, 9.17) is 4.74 Å². The van der Waals surface area contributed by atoms with Crippen LogP contribution in [0.25, 0.3) is 0 Å². The zero-order valence-electron chi connectivity index (χ0n) is 12.1. The number of rotatable bonds is 7. The maximum absolute atomic E-state index is 12.3. The van der Waals surface area contributed by atoms with Crippen LogP contribution in [0.5, 0.6) is 0 Å². The van der Waals surface area contributed by atoms with Crippen molar-refractivity contribution in [1.82, 2.24) is 0 Å². The van der Waals surface area contributed by atoms with E-state index in [2.05, 4.69) is 0 Å². The van der Waals surface area contributed by atoms with Gasteiger partial charge in [0.1, 0.15) is 6.10 Å². The van der Waals surface area contributed by atoms with E-state index in [1.165, 1.54) is 7.11 Å². The highest BCUT2D eigenvalue weighted by molar-refractivity contribution is 5.84. The summed E-state index contributed by atoms with van der Waals surface area (Å²) in [5.41, 5.74) is 1.84. The maximum Gasteiger partial charge on any atom is 0.168 e. The molecule has 2 atom stereocenters. The third-order valence-corrected chi connectivity index (χ3v) is 3.38. The van der Waals surface area contributed by atoms with Crippen molar-refractivity contribution in [3.05, 3.63) is 71.8 Å². The molecule has 2 aromatic carbocycles. The van der Waals surface area contributed by atoms with Crippen LogP contribution in [0.3, 0.4) is 0 Å². The van der Waals surface area contributed by atoms with Crippen LogP contribution in [0.2, 0.25) is 0 Å². The van der Waals surface area contributed by atoms with E-state index in [9.17, 15) is 9.90 Å². The van der Waals surface area contributed by atoms with Gasteiger partial charge < -0.3 is 9.84 Å². The SMILES string of the molecule is CO[C@@H](C(=O)C[C@H](O)Cc1ccccc1)c1ccccc1. The summed E-state index contributed by atoms with van der Waals surface area (Å²) in [6.07, 6.45) is -0.752. The van der Waals surface area contributed by atoms with Gasteiger partial charge in [-0.3, -0.25) is 4.79 Å². The highest BCUT2D eigenvalue weighted by atomic mass is 16.5. The molecule has 0 bridgehead atoms. The van der Waals surface area contributed by atoms with Gasteiger partial charge in [-0.05, 0) is 17.5 Å². The Labute approximate surface area is 125 Å². The second kappa shape index (κ2) is 7.72. The first-order valence-corrected chi connectivity index (χ1v) is 7.03. The first-order valence-electron chi connectivity index (χ1n) is 7.03. The van der Waals surface area contributed by atoms with E-state index in [1.54, 1.807) is 0 Å². The molecule has 110 valence electrons. The van der Waals surface area contributed by atoms with Crippen molar-refractivity contribution in [3.63, 3.8) is 0 Å². The van der Waals surface area contributed by atoms with E-state index in [0.717, 1.165) is 11.1 Å². The van der Waals surface area contributed by atoms with Gasteiger partial charge in [-0.1, -0.05) is 60.7 Å². The van der Waals surface area contributed by atoms with Crippen LogP contribution in [0.15, 0.2) is 60.7 Å². The Hall–Kier alpha value is -1.97. The molecule has 0 unspecified atom stereocenters. The van der Waals surface area contributed by atoms with E-state index in [1.807, 2.05) is 60.7 Å². The van der Waals surface area contributed by atoms with Crippen molar-refractivity contribution in [3.8, 4) is 0 Å². The summed E-state index contributed by atoms with van der Waals surface area (Å²) in [6.45, 7) is 0. The topological polar surface area (TPSA) is 46.5 Å². The molecule has 0 aromatic heterocycles. The normalized spacial score (nSPS) is 13.6. The Morgan fingerprint density at radius 3 is 2.19 bits per heavy atom. The van der Waals surface area contributed by atoms with Gasteiger partial charge in [0.15, 0.2) is 5.78 Å². The maximum atomic E-state index is 12.3. The Morgan fingerprint density at radius 1 is 1.05 bits per heavy atom. The van der Waals surface area contributed by atoms with Crippen LogP contribution in [-0.2, 0) is 16.0 Å². The molecule has 0 aliphatic rings. The monoisotopic (exact) mass is 284 g/mol. The van der Waals surface area contributed by atoms with E-state index in [0.29, 0.717) is 6.42 Å². The smallest absolute Gasteiger partial charge is 0.168 e. The summed E-state index contributed by atoms with van der Waals surface area (Å²) < 4.78 is 5.29. The third kappa shape index (κ3) is 4.52. The molecule has 3 nitrogen and oxygen atoms in total. The molecule has 0 aliphatic carbocycles. The van der Waals surface area contributed by atoms with Crippen LogP contribution in [0, 0.1) is 0 Å². The average molecular weight is 284 g/mol. The third-order valence-electron chi connectivity index (χ3n) is 3.38. The van der Waals surface area contributed by atoms with Crippen molar-refractivity contribution >= 4 is 5.78 Å². The Morgan fingerprint density at radius 2 is 1.62 bits per heavy atom. The molecule has 0 fully saturated rings. The van der Waals surface area contributed by atoms with Gasteiger partial charge in [-0.25, -0.2) is 0 Å². The Bertz CT molecular complexity index is 551. The molecular formula is C18H20O3. The number of carbonyl (C=O) groups is 1. The molecule has 0 saturated carbocycles. The highest BCUT2D eigenvalue weighted by Crippen LogP contribution is 2.20. The summed E-state index contributed by atoms with van der Waals surface area (Å²) >= 11 is 0. The number of aliphatic hydroxyl groups is 1. The molecule has 1 N–H and O–H groups in total. The molecule has 0 amide bonds. The number of Topliss-reactive ketones (excluding diaryl/α,β-unsaturated/α-hetero) is 1. The number of ketones is 1. The number of hydrogen-bond acceptors (Lipinski definition) is 3. The number of carbonyl (C=O) groups excluding carboxylic acids is 1. The molecular weight excluding hydrogens is 264 g/mol. The van der Waals surface area contributed by atoms with E-state index < -0.39 is 12.2 Å². The molecule has 3 heteroatoms.